The van der Waals surface area contributed by atoms with Crippen molar-refractivity contribution < 1.29 is 22.7 Å². The summed E-state index contributed by atoms with van der Waals surface area (Å²) in [5.74, 6) is -0.787. The molecule has 35 heavy (non-hydrogen) atoms. The first-order valence-corrected chi connectivity index (χ1v) is 12.8. The van der Waals surface area contributed by atoms with Gasteiger partial charge in [-0.2, -0.15) is 4.31 Å². The summed E-state index contributed by atoms with van der Waals surface area (Å²) in [6.45, 7) is 5.34. The molecule has 3 rings (SSSR count). The lowest BCUT2D eigenvalue weighted by Crippen LogP contribution is -2.37. The van der Waals surface area contributed by atoms with Crippen LogP contribution in [-0.4, -0.2) is 37.8 Å². The standard InChI is InChI=1S/C27H30N2O5S/c1-4-34-27(31)17-22-12-14-24(15-13-22)28-26(30)19-29(18-23-8-6-5-7-9-23)35(32,33)25-16-20(2)10-11-21(25)3/h5-16H,4,17-19H2,1-3H3,(H,28,30). The smallest absolute Gasteiger partial charge is 0.310 e. The van der Waals surface area contributed by atoms with Gasteiger partial charge in [0.2, 0.25) is 15.9 Å². The van der Waals surface area contributed by atoms with Crippen molar-refractivity contribution in [3.8, 4) is 0 Å². The van der Waals surface area contributed by atoms with Crippen LogP contribution in [0.4, 0.5) is 5.69 Å². The number of hydrogen-bond acceptors (Lipinski definition) is 5. The van der Waals surface area contributed by atoms with Crippen LogP contribution in [0.1, 0.15) is 29.2 Å². The number of anilines is 1. The van der Waals surface area contributed by atoms with Crippen molar-refractivity contribution >= 4 is 27.6 Å². The molecule has 0 radical (unpaired) electrons. The lowest BCUT2D eigenvalue weighted by atomic mass is 10.1. The summed E-state index contributed by atoms with van der Waals surface area (Å²) in [4.78, 5) is 24.7. The molecule has 0 saturated carbocycles. The zero-order valence-corrected chi connectivity index (χ0v) is 21.0. The van der Waals surface area contributed by atoms with Crippen LogP contribution in [0.3, 0.4) is 0 Å². The Labute approximate surface area is 206 Å². The van der Waals surface area contributed by atoms with Gasteiger partial charge in [-0.1, -0.05) is 54.6 Å². The van der Waals surface area contributed by atoms with E-state index in [1.165, 1.54) is 4.31 Å². The largest absolute Gasteiger partial charge is 0.466 e. The predicted octanol–water partition coefficient (Wildman–Crippen LogP) is 4.24. The van der Waals surface area contributed by atoms with Gasteiger partial charge in [-0.15, -0.1) is 0 Å². The molecule has 1 amide bonds. The van der Waals surface area contributed by atoms with Crippen molar-refractivity contribution in [1.29, 1.82) is 0 Å². The van der Waals surface area contributed by atoms with E-state index in [0.29, 0.717) is 17.9 Å². The van der Waals surface area contributed by atoms with Crippen LogP contribution < -0.4 is 5.32 Å². The summed E-state index contributed by atoms with van der Waals surface area (Å²) in [6, 6.07) is 21.2. The number of ether oxygens (including phenoxy) is 1. The number of carbonyl (C=O) groups excluding carboxylic acids is 2. The zero-order valence-electron chi connectivity index (χ0n) is 20.2. The van der Waals surface area contributed by atoms with E-state index < -0.39 is 15.9 Å². The fraction of sp³-hybridized carbons (Fsp3) is 0.259. The van der Waals surface area contributed by atoms with Gasteiger partial charge < -0.3 is 10.1 Å². The summed E-state index contributed by atoms with van der Waals surface area (Å²) in [5.41, 5.74) is 3.47. The Balaban J connectivity index is 1.79. The molecule has 0 heterocycles. The van der Waals surface area contributed by atoms with Crippen molar-refractivity contribution in [2.75, 3.05) is 18.5 Å². The molecule has 8 heteroatoms. The van der Waals surface area contributed by atoms with Crippen molar-refractivity contribution in [2.45, 2.75) is 38.6 Å². The van der Waals surface area contributed by atoms with Gasteiger partial charge >= 0.3 is 5.97 Å². The minimum Gasteiger partial charge on any atom is -0.466 e. The van der Waals surface area contributed by atoms with E-state index in [1.807, 2.05) is 43.3 Å². The van der Waals surface area contributed by atoms with Crippen LogP contribution in [0, 0.1) is 13.8 Å². The second-order valence-electron chi connectivity index (χ2n) is 8.25. The Bertz CT molecular complexity index is 1270. The van der Waals surface area contributed by atoms with E-state index in [9.17, 15) is 18.0 Å². The molecule has 1 N–H and O–H groups in total. The molecular formula is C27H30N2O5S. The van der Waals surface area contributed by atoms with Crippen LogP contribution in [0.15, 0.2) is 77.7 Å². The number of esters is 1. The van der Waals surface area contributed by atoms with Gasteiger partial charge in [0.15, 0.2) is 0 Å². The zero-order chi connectivity index (χ0) is 25.4. The predicted molar refractivity (Wildman–Crippen MR) is 135 cm³/mol. The van der Waals surface area contributed by atoms with Gasteiger partial charge in [0, 0.05) is 12.2 Å². The van der Waals surface area contributed by atoms with Crippen molar-refractivity contribution in [2.24, 2.45) is 0 Å². The molecule has 184 valence electrons. The molecule has 0 aromatic heterocycles. The van der Waals surface area contributed by atoms with Crippen LogP contribution in [-0.2, 0) is 37.3 Å². The van der Waals surface area contributed by atoms with Crippen LogP contribution in [0.2, 0.25) is 0 Å². The van der Waals surface area contributed by atoms with Crippen molar-refractivity contribution in [3.05, 3.63) is 95.1 Å². The topological polar surface area (TPSA) is 92.8 Å². The molecule has 0 aliphatic rings. The summed E-state index contributed by atoms with van der Waals surface area (Å²) in [7, 11) is -3.94. The number of aryl methyl sites for hydroxylation is 2. The highest BCUT2D eigenvalue weighted by molar-refractivity contribution is 7.89. The molecule has 0 aliphatic heterocycles. The Morgan fingerprint density at radius 3 is 2.26 bits per heavy atom. The maximum absolute atomic E-state index is 13.6. The lowest BCUT2D eigenvalue weighted by molar-refractivity contribution is -0.142. The average Bonchev–Trinajstić information content (AvgIpc) is 2.82. The second kappa shape index (κ2) is 11.8. The summed E-state index contributed by atoms with van der Waals surface area (Å²) < 4.78 is 33.3. The SMILES string of the molecule is CCOC(=O)Cc1ccc(NC(=O)CN(Cc2ccccc2)S(=O)(=O)c2cc(C)ccc2C)cc1. The first kappa shape index (κ1) is 26.1. The molecular weight excluding hydrogens is 464 g/mol. The third-order valence-electron chi connectivity index (χ3n) is 5.37. The fourth-order valence-electron chi connectivity index (χ4n) is 3.58. The molecule has 7 nitrogen and oxygen atoms in total. The first-order valence-electron chi connectivity index (χ1n) is 11.3. The number of sulfonamides is 1. The van der Waals surface area contributed by atoms with Gasteiger partial charge in [0.1, 0.15) is 0 Å². The summed E-state index contributed by atoms with van der Waals surface area (Å²) >= 11 is 0. The van der Waals surface area contributed by atoms with Crippen LogP contribution in [0.5, 0.6) is 0 Å². The highest BCUT2D eigenvalue weighted by Crippen LogP contribution is 2.23. The number of amides is 1. The number of hydrogen-bond donors (Lipinski definition) is 1. The fourth-order valence-corrected chi connectivity index (χ4v) is 5.28. The first-order chi connectivity index (χ1) is 16.7. The minimum atomic E-state index is -3.94. The van der Waals surface area contributed by atoms with Gasteiger partial charge in [-0.3, -0.25) is 9.59 Å². The Morgan fingerprint density at radius 2 is 1.60 bits per heavy atom. The maximum atomic E-state index is 13.6. The number of nitrogens with zero attached hydrogens (tertiary/aromatic N) is 1. The summed E-state index contributed by atoms with van der Waals surface area (Å²) in [5, 5.41) is 2.75. The molecule has 0 atom stereocenters. The van der Waals surface area contributed by atoms with E-state index in [0.717, 1.165) is 16.7 Å². The third-order valence-corrected chi connectivity index (χ3v) is 7.31. The highest BCUT2D eigenvalue weighted by atomic mass is 32.2. The Kier molecular flexibility index (Phi) is 8.78. The van der Waals surface area contributed by atoms with Gasteiger partial charge in [0.05, 0.1) is 24.5 Å². The van der Waals surface area contributed by atoms with Gasteiger partial charge in [-0.25, -0.2) is 8.42 Å². The Morgan fingerprint density at radius 1 is 0.914 bits per heavy atom. The monoisotopic (exact) mass is 494 g/mol. The molecule has 0 aliphatic carbocycles. The molecule has 3 aromatic rings. The molecule has 0 unspecified atom stereocenters. The summed E-state index contributed by atoms with van der Waals surface area (Å²) in [6.07, 6.45) is 0.140. The second-order valence-corrected chi connectivity index (χ2v) is 10.2. The van der Waals surface area contributed by atoms with Crippen molar-refractivity contribution in [3.63, 3.8) is 0 Å². The number of carbonyl (C=O) groups is 2. The van der Waals surface area contributed by atoms with E-state index in [2.05, 4.69) is 5.32 Å². The molecule has 0 spiro atoms. The molecule has 3 aromatic carbocycles. The van der Waals surface area contributed by atoms with Crippen LogP contribution >= 0.6 is 0 Å². The van der Waals surface area contributed by atoms with Crippen LogP contribution in [0.25, 0.3) is 0 Å². The quantitative estimate of drug-likeness (QED) is 0.426. The Hall–Kier alpha value is -3.49. The average molecular weight is 495 g/mol. The lowest BCUT2D eigenvalue weighted by Gasteiger charge is -2.23. The van der Waals surface area contributed by atoms with Crippen molar-refractivity contribution in [1.82, 2.24) is 4.31 Å². The molecule has 0 bridgehead atoms. The van der Waals surface area contributed by atoms with E-state index in [-0.39, 0.29) is 30.4 Å². The normalized spacial score (nSPS) is 11.3. The molecule has 0 saturated heterocycles. The molecule has 0 fully saturated rings. The highest BCUT2D eigenvalue weighted by Gasteiger charge is 2.28. The van der Waals surface area contributed by atoms with E-state index in [4.69, 9.17) is 4.74 Å². The van der Waals surface area contributed by atoms with Gasteiger partial charge in [-0.05, 0) is 61.2 Å². The minimum absolute atomic E-state index is 0.0580. The number of nitrogens with one attached hydrogen (secondary N) is 1. The maximum Gasteiger partial charge on any atom is 0.310 e. The number of rotatable bonds is 10. The third kappa shape index (κ3) is 7.24. The van der Waals surface area contributed by atoms with E-state index >= 15 is 0 Å². The van der Waals surface area contributed by atoms with Gasteiger partial charge in [0.25, 0.3) is 0 Å². The number of benzene rings is 3. The van der Waals surface area contributed by atoms with E-state index in [1.54, 1.807) is 50.2 Å².